The Hall–Kier alpha value is -2.82. The van der Waals surface area contributed by atoms with Crippen LogP contribution in [0.5, 0.6) is 11.5 Å². The third kappa shape index (κ3) is 2.94. The lowest BCUT2D eigenvalue weighted by molar-refractivity contribution is -0.400. The molecule has 0 aliphatic carbocycles. The maximum atomic E-state index is 5.48. The number of anilines is 1. The van der Waals surface area contributed by atoms with Gasteiger partial charge in [-0.05, 0) is 26.0 Å². The lowest BCUT2D eigenvalue weighted by atomic mass is 9.82. The number of hydrazone groups is 1. The summed E-state index contributed by atoms with van der Waals surface area (Å²) in [4.78, 5) is 0. The molecule has 0 N–H and O–H groups in total. The predicted molar refractivity (Wildman–Crippen MR) is 107 cm³/mol. The first-order valence-corrected chi connectivity index (χ1v) is 8.60. The minimum absolute atomic E-state index is 0.0975. The van der Waals surface area contributed by atoms with Crippen LogP contribution in [-0.2, 0) is 5.41 Å². The van der Waals surface area contributed by atoms with Crippen LogP contribution in [0.2, 0.25) is 0 Å². The monoisotopic (exact) mass is 352 g/mol. The van der Waals surface area contributed by atoms with E-state index < -0.39 is 0 Å². The van der Waals surface area contributed by atoms with Gasteiger partial charge in [0.1, 0.15) is 30.4 Å². The van der Waals surface area contributed by atoms with E-state index in [0.717, 1.165) is 22.9 Å². The van der Waals surface area contributed by atoms with Crippen LogP contribution in [0.1, 0.15) is 19.4 Å². The third-order valence-corrected chi connectivity index (χ3v) is 5.03. The molecule has 2 aromatic carbocycles. The van der Waals surface area contributed by atoms with Crippen molar-refractivity contribution < 1.29 is 14.0 Å². The molecule has 3 rings (SSSR count). The van der Waals surface area contributed by atoms with Gasteiger partial charge in [-0.3, -0.25) is 5.01 Å². The van der Waals surface area contributed by atoms with Gasteiger partial charge in [0, 0.05) is 24.7 Å². The van der Waals surface area contributed by atoms with E-state index in [-0.39, 0.29) is 5.41 Å². The smallest absolute Gasteiger partial charge is 0.212 e. The normalized spacial score (nSPS) is 15.3. The van der Waals surface area contributed by atoms with Crippen LogP contribution in [-0.4, -0.2) is 44.8 Å². The Bertz CT molecular complexity index is 885. The number of hydrogen-bond donors (Lipinski definition) is 0. The molecule has 1 aliphatic heterocycles. The average molecular weight is 352 g/mol. The number of hydrogen-bond acceptors (Lipinski definition) is 4. The highest BCUT2D eigenvalue weighted by atomic mass is 16.5. The largest absolute Gasteiger partial charge is 0.497 e. The van der Waals surface area contributed by atoms with E-state index in [1.165, 1.54) is 11.3 Å². The van der Waals surface area contributed by atoms with Gasteiger partial charge in [-0.2, -0.15) is 9.68 Å². The molecule has 0 saturated heterocycles. The fourth-order valence-electron chi connectivity index (χ4n) is 3.49. The summed E-state index contributed by atoms with van der Waals surface area (Å²) in [5, 5.41) is 6.50. The second-order valence-electron chi connectivity index (χ2n) is 6.89. The van der Waals surface area contributed by atoms with Gasteiger partial charge in [-0.15, -0.1) is 0 Å². The molecule has 5 nitrogen and oxygen atoms in total. The van der Waals surface area contributed by atoms with Gasteiger partial charge >= 0.3 is 0 Å². The molecule has 0 fully saturated rings. The summed E-state index contributed by atoms with van der Waals surface area (Å²) in [5.41, 5.74) is 4.47. The number of para-hydroxylation sites is 1. The maximum absolute atomic E-state index is 5.48. The minimum Gasteiger partial charge on any atom is -0.497 e. The van der Waals surface area contributed by atoms with E-state index in [9.17, 15) is 0 Å². The van der Waals surface area contributed by atoms with Gasteiger partial charge < -0.3 is 9.47 Å². The fraction of sp³-hybridized carbons (Fsp3) is 0.333. The quantitative estimate of drug-likeness (QED) is 0.466. The molecule has 2 aromatic rings. The van der Waals surface area contributed by atoms with Gasteiger partial charge in [0.15, 0.2) is 0 Å². The summed E-state index contributed by atoms with van der Waals surface area (Å²) in [7, 11) is 7.29. The van der Waals surface area contributed by atoms with E-state index in [1.54, 1.807) is 14.2 Å². The first-order chi connectivity index (χ1) is 12.4. The first kappa shape index (κ1) is 18.0. The van der Waals surface area contributed by atoms with Crippen molar-refractivity contribution in [1.82, 2.24) is 0 Å². The third-order valence-electron chi connectivity index (χ3n) is 5.03. The molecule has 0 bridgehead atoms. The molecule has 0 aromatic heterocycles. The van der Waals surface area contributed by atoms with Crippen molar-refractivity contribution in [3.8, 4) is 11.5 Å². The highest BCUT2D eigenvalue weighted by molar-refractivity contribution is 6.33. The molecule has 0 amide bonds. The van der Waals surface area contributed by atoms with E-state index >= 15 is 0 Å². The lowest BCUT2D eigenvalue weighted by Crippen LogP contribution is -2.30. The Labute approximate surface area is 155 Å². The molecule has 1 heterocycles. The van der Waals surface area contributed by atoms with E-state index in [2.05, 4.69) is 54.8 Å². The topological polar surface area (TPSA) is 37.1 Å². The van der Waals surface area contributed by atoms with Crippen LogP contribution in [0, 0.1) is 0 Å². The zero-order valence-electron chi connectivity index (χ0n) is 16.3. The Morgan fingerprint density at radius 3 is 2.46 bits per heavy atom. The van der Waals surface area contributed by atoms with E-state index in [0.29, 0.717) is 0 Å². The van der Waals surface area contributed by atoms with Gasteiger partial charge in [0.2, 0.25) is 11.4 Å². The van der Waals surface area contributed by atoms with Crippen molar-refractivity contribution in [2.24, 2.45) is 5.10 Å². The molecular formula is C21H26N3O2+. The maximum Gasteiger partial charge on any atom is 0.212 e. The van der Waals surface area contributed by atoms with Crippen molar-refractivity contribution in [3.63, 3.8) is 0 Å². The molecule has 0 radical (unpaired) electrons. The standard InChI is InChI=1S/C21H26N3O2/c1-21(2)16-9-7-8-10-17(16)23(3)20(21)14-22-24(4)18-12-11-15(25-5)13-19(18)26-6/h7-14H,1-6H3/q+1. The van der Waals surface area contributed by atoms with Crippen LogP contribution in [0.3, 0.4) is 0 Å². The Balaban J connectivity index is 1.92. The second kappa shape index (κ2) is 6.83. The van der Waals surface area contributed by atoms with Crippen molar-refractivity contribution in [2.75, 3.05) is 33.3 Å². The number of rotatable bonds is 5. The fourth-order valence-corrected chi connectivity index (χ4v) is 3.49. The molecule has 0 unspecified atom stereocenters. The van der Waals surface area contributed by atoms with Crippen LogP contribution in [0.25, 0.3) is 0 Å². The van der Waals surface area contributed by atoms with Gasteiger partial charge in [-0.25, -0.2) is 0 Å². The number of nitrogens with zero attached hydrogens (tertiary/aromatic N) is 3. The summed E-state index contributed by atoms with van der Waals surface area (Å²) in [6.45, 7) is 4.45. The van der Waals surface area contributed by atoms with Gasteiger partial charge in [0.25, 0.3) is 0 Å². The summed E-state index contributed by atoms with van der Waals surface area (Å²) >= 11 is 0. The van der Waals surface area contributed by atoms with Gasteiger partial charge in [0.05, 0.1) is 19.6 Å². The second-order valence-corrected chi connectivity index (χ2v) is 6.89. The summed E-state index contributed by atoms with van der Waals surface area (Å²) in [6, 6.07) is 14.2. The van der Waals surface area contributed by atoms with E-state index in [4.69, 9.17) is 9.47 Å². The number of fused-ring (bicyclic) bond motifs is 1. The zero-order valence-corrected chi connectivity index (χ0v) is 16.3. The van der Waals surface area contributed by atoms with Crippen molar-refractivity contribution in [3.05, 3.63) is 48.0 Å². The highest BCUT2D eigenvalue weighted by Crippen LogP contribution is 2.38. The van der Waals surface area contributed by atoms with Crippen molar-refractivity contribution >= 4 is 23.3 Å². The van der Waals surface area contributed by atoms with Crippen LogP contribution in [0.15, 0.2) is 47.6 Å². The van der Waals surface area contributed by atoms with Crippen LogP contribution >= 0.6 is 0 Å². The molecule has 136 valence electrons. The summed E-state index contributed by atoms with van der Waals surface area (Å²) in [6.07, 6.45) is 1.93. The highest BCUT2D eigenvalue weighted by Gasteiger charge is 2.43. The Morgan fingerprint density at radius 2 is 1.81 bits per heavy atom. The average Bonchev–Trinajstić information content (AvgIpc) is 2.85. The van der Waals surface area contributed by atoms with E-state index in [1.807, 2.05) is 36.5 Å². The Kier molecular flexibility index (Phi) is 4.72. The van der Waals surface area contributed by atoms with Crippen LogP contribution < -0.4 is 14.5 Å². The molecule has 26 heavy (non-hydrogen) atoms. The lowest BCUT2D eigenvalue weighted by Gasteiger charge is -2.18. The first-order valence-electron chi connectivity index (χ1n) is 8.60. The Morgan fingerprint density at radius 1 is 1.08 bits per heavy atom. The molecule has 0 saturated carbocycles. The van der Waals surface area contributed by atoms with Crippen LogP contribution in [0.4, 0.5) is 11.4 Å². The zero-order chi connectivity index (χ0) is 18.9. The number of methoxy groups -OCH3 is 2. The summed E-state index contributed by atoms with van der Waals surface area (Å²) in [5.74, 6) is 1.47. The number of benzene rings is 2. The van der Waals surface area contributed by atoms with Gasteiger partial charge in [-0.1, -0.05) is 18.2 Å². The van der Waals surface area contributed by atoms with Crippen molar-refractivity contribution in [1.29, 1.82) is 0 Å². The molecule has 0 spiro atoms. The predicted octanol–water partition coefficient (Wildman–Crippen LogP) is 3.83. The molecular weight excluding hydrogens is 326 g/mol. The van der Waals surface area contributed by atoms with Crippen molar-refractivity contribution in [2.45, 2.75) is 19.3 Å². The minimum atomic E-state index is -0.0975. The number of ether oxygens (including phenoxy) is 2. The SMILES string of the molecule is COc1ccc(N(C)N=CC2=[N+](C)c3ccccc3C2(C)C)c(OC)c1. The molecule has 0 atom stereocenters. The molecule has 1 aliphatic rings. The summed E-state index contributed by atoms with van der Waals surface area (Å²) < 4.78 is 12.9. The molecule has 5 heteroatoms.